The van der Waals surface area contributed by atoms with Crippen molar-refractivity contribution in [2.45, 2.75) is 0 Å². The molecule has 102 valence electrons. The van der Waals surface area contributed by atoms with E-state index in [1.165, 1.54) is 0 Å². The summed E-state index contributed by atoms with van der Waals surface area (Å²) in [5.74, 6) is 1.25. The van der Waals surface area contributed by atoms with Crippen LogP contribution in [0.4, 0.5) is 0 Å². The van der Waals surface area contributed by atoms with Gasteiger partial charge in [0.15, 0.2) is 5.82 Å². The maximum atomic E-state index is 10.4. The zero-order valence-corrected chi connectivity index (χ0v) is 10.8. The molecule has 2 heterocycles. The molecule has 0 saturated carbocycles. The Kier molecular flexibility index (Phi) is 2.47. The molecular formula is C15H10N4O2. The quantitative estimate of drug-likeness (QED) is 0.588. The van der Waals surface area contributed by atoms with Crippen molar-refractivity contribution in [1.29, 1.82) is 0 Å². The molecule has 0 radical (unpaired) electrons. The summed E-state index contributed by atoms with van der Waals surface area (Å²) in [4.78, 5) is 11.2. The summed E-state index contributed by atoms with van der Waals surface area (Å²) in [5, 5.41) is 15.9. The zero-order valence-electron chi connectivity index (χ0n) is 10.8. The summed E-state index contributed by atoms with van der Waals surface area (Å²) in [6, 6.07) is 11.2. The van der Waals surface area contributed by atoms with Crippen LogP contribution in [0.1, 0.15) is 0 Å². The number of phenolic OH excluding ortho intramolecular Hbond substituents is 1. The van der Waals surface area contributed by atoms with Crippen molar-refractivity contribution in [3.8, 4) is 28.9 Å². The third-order valence-electron chi connectivity index (χ3n) is 3.27. The Hall–Kier alpha value is -3.15. The van der Waals surface area contributed by atoms with Gasteiger partial charge in [-0.15, -0.1) is 0 Å². The van der Waals surface area contributed by atoms with Crippen LogP contribution in [-0.4, -0.2) is 25.2 Å². The molecule has 0 aliphatic carbocycles. The molecule has 2 aromatic heterocycles. The number of H-pyrrole nitrogens is 1. The molecule has 21 heavy (non-hydrogen) atoms. The van der Waals surface area contributed by atoms with Gasteiger partial charge in [0.05, 0.1) is 5.56 Å². The Morgan fingerprint density at radius 3 is 2.86 bits per heavy atom. The first-order valence-corrected chi connectivity index (χ1v) is 6.37. The first-order chi connectivity index (χ1) is 10.3. The van der Waals surface area contributed by atoms with Crippen molar-refractivity contribution < 1.29 is 9.63 Å². The number of aromatic amines is 1. The van der Waals surface area contributed by atoms with Gasteiger partial charge in [-0.1, -0.05) is 35.5 Å². The molecule has 0 unspecified atom stereocenters. The number of aromatic nitrogens is 4. The Labute approximate surface area is 119 Å². The number of imidazole rings is 1. The summed E-state index contributed by atoms with van der Waals surface area (Å²) in [6.45, 7) is 0. The van der Waals surface area contributed by atoms with Crippen LogP contribution in [0.25, 0.3) is 33.9 Å². The summed E-state index contributed by atoms with van der Waals surface area (Å²) < 4.78 is 5.22. The van der Waals surface area contributed by atoms with E-state index in [0.29, 0.717) is 17.2 Å². The normalized spacial score (nSPS) is 11.0. The van der Waals surface area contributed by atoms with Gasteiger partial charge in [-0.05, 0) is 11.5 Å². The maximum Gasteiger partial charge on any atom is 0.262 e. The molecule has 0 aliphatic rings. The summed E-state index contributed by atoms with van der Waals surface area (Å²) in [6.07, 6.45) is 3.29. The lowest BCUT2D eigenvalue weighted by Crippen LogP contribution is -1.84. The molecule has 0 fully saturated rings. The van der Waals surface area contributed by atoms with Crippen LogP contribution in [0.5, 0.6) is 5.75 Å². The lowest BCUT2D eigenvalue weighted by Gasteiger charge is -2.04. The topological polar surface area (TPSA) is 87.8 Å². The third kappa shape index (κ3) is 1.85. The van der Waals surface area contributed by atoms with E-state index in [0.717, 1.165) is 10.8 Å². The molecule has 0 spiro atoms. The van der Waals surface area contributed by atoms with E-state index >= 15 is 0 Å². The fraction of sp³-hybridized carbons (Fsp3) is 0. The molecular weight excluding hydrogens is 268 g/mol. The minimum atomic E-state index is 0.128. The lowest BCUT2D eigenvalue weighted by atomic mass is 10.1. The SMILES string of the molecule is Oc1c(-c2nc(-c3ncc[nH]3)no2)ccc2ccccc12. The molecule has 6 heteroatoms. The van der Waals surface area contributed by atoms with Crippen LogP contribution in [0, 0.1) is 0 Å². The van der Waals surface area contributed by atoms with Crippen molar-refractivity contribution in [3.63, 3.8) is 0 Å². The van der Waals surface area contributed by atoms with Crippen molar-refractivity contribution >= 4 is 10.8 Å². The number of hydrogen-bond donors (Lipinski definition) is 2. The molecule has 2 aromatic carbocycles. The molecule has 4 aromatic rings. The van der Waals surface area contributed by atoms with Gasteiger partial charge in [-0.2, -0.15) is 4.98 Å². The second kappa shape index (κ2) is 4.45. The molecule has 0 amide bonds. The second-order valence-electron chi connectivity index (χ2n) is 4.54. The number of benzene rings is 2. The van der Waals surface area contributed by atoms with Gasteiger partial charge in [-0.3, -0.25) is 0 Å². The van der Waals surface area contributed by atoms with Gasteiger partial charge in [0.2, 0.25) is 5.82 Å². The molecule has 0 saturated heterocycles. The van der Waals surface area contributed by atoms with E-state index in [4.69, 9.17) is 4.52 Å². The lowest BCUT2D eigenvalue weighted by molar-refractivity contribution is 0.426. The molecule has 2 N–H and O–H groups in total. The molecule has 4 rings (SSSR count). The Bertz CT molecular complexity index is 912. The van der Waals surface area contributed by atoms with Gasteiger partial charge < -0.3 is 14.6 Å². The number of aromatic hydroxyl groups is 1. The number of nitrogens with one attached hydrogen (secondary N) is 1. The van der Waals surface area contributed by atoms with Crippen LogP contribution in [0.2, 0.25) is 0 Å². The Morgan fingerprint density at radius 2 is 2.00 bits per heavy atom. The average molecular weight is 278 g/mol. The Balaban J connectivity index is 1.85. The monoisotopic (exact) mass is 278 g/mol. The van der Waals surface area contributed by atoms with E-state index in [1.807, 2.05) is 30.3 Å². The number of fused-ring (bicyclic) bond motifs is 1. The number of hydrogen-bond acceptors (Lipinski definition) is 5. The van der Waals surface area contributed by atoms with E-state index in [1.54, 1.807) is 18.5 Å². The second-order valence-corrected chi connectivity index (χ2v) is 4.54. The first kappa shape index (κ1) is 11.7. The summed E-state index contributed by atoms with van der Waals surface area (Å²) >= 11 is 0. The first-order valence-electron chi connectivity index (χ1n) is 6.37. The highest BCUT2D eigenvalue weighted by Crippen LogP contribution is 2.35. The van der Waals surface area contributed by atoms with Gasteiger partial charge in [0, 0.05) is 17.8 Å². The summed E-state index contributed by atoms with van der Waals surface area (Å²) in [5.41, 5.74) is 0.499. The fourth-order valence-corrected chi connectivity index (χ4v) is 2.24. The van der Waals surface area contributed by atoms with Crippen molar-refractivity contribution in [2.75, 3.05) is 0 Å². The highest BCUT2D eigenvalue weighted by Gasteiger charge is 2.16. The smallest absolute Gasteiger partial charge is 0.262 e. The number of phenols is 1. The average Bonchev–Trinajstić information content (AvgIpc) is 3.19. The Morgan fingerprint density at radius 1 is 1.10 bits per heavy atom. The predicted molar refractivity (Wildman–Crippen MR) is 76.5 cm³/mol. The van der Waals surface area contributed by atoms with Crippen LogP contribution in [0.3, 0.4) is 0 Å². The van der Waals surface area contributed by atoms with Gasteiger partial charge in [-0.25, -0.2) is 4.98 Å². The molecule has 0 atom stereocenters. The van der Waals surface area contributed by atoms with Crippen molar-refractivity contribution in [3.05, 3.63) is 48.8 Å². The van der Waals surface area contributed by atoms with Crippen LogP contribution in [0.15, 0.2) is 53.3 Å². The minimum absolute atomic E-state index is 0.128. The molecule has 0 aliphatic heterocycles. The van der Waals surface area contributed by atoms with Crippen molar-refractivity contribution in [1.82, 2.24) is 20.1 Å². The van der Waals surface area contributed by atoms with E-state index in [2.05, 4.69) is 20.1 Å². The summed E-state index contributed by atoms with van der Waals surface area (Å²) in [7, 11) is 0. The van der Waals surface area contributed by atoms with E-state index in [-0.39, 0.29) is 11.6 Å². The van der Waals surface area contributed by atoms with Crippen molar-refractivity contribution in [2.24, 2.45) is 0 Å². The van der Waals surface area contributed by atoms with E-state index < -0.39 is 0 Å². The molecule has 0 bridgehead atoms. The number of rotatable bonds is 2. The van der Waals surface area contributed by atoms with E-state index in [9.17, 15) is 5.11 Å². The fourth-order valence-electron chi connectivity index (χ4n) is 2.24. The maximum absolute atomic E-state index is 10.4. The van der Waals surface area contributed by atoms with Gasteiger partial charge in [0.25, 0.3) is 5.89 Å². The highest BCUT2D eigenvalue weighted by molar-refractivity contribution is 5.93. The van der Waals surface area contributed by atoms with Gasteiger partial charge in [0.1, 0.15) is 5.75 Å². The third-order valence-corrected chi connectivity index (χ3v) is 3.27. The minimum Gasteiger partial charge on any atom is -0.506 e. The van der Waals surface area contributed by atoms with Gasteiger partial charge >= 0.3 is 0 Å². The predicted octanol–water partition coefficient (Wildman–Crippen LogP) is 2.99. The zero-order chi connectivity index (χ0) is 14.2. The van der Waals surface area contributed by atoms with Crippen LogP contribution >= 0.6 is 0 Å². The highest BCUT2D eigenvalue weighted by atomic mass is 16.5. The molecule has 6 nitrogen and oxygen atoms in total. The standard InChI is InChI=1S/C15H10N4O2/c20-12-10-4-2-1-3-9(10)5-6-11(12)15-18-14(19-21-15)13-16-7-8-17-13/h1-8,20H,(H,16,17). The number of nitrogens with zero attached hydrogens (tertiary/aromatic N) is 3. The largest absolute Gasteiger partial charge is 0.506 e. The van der Waals surface area contributed by atoms with Crippen LogP contribution in [-0.2, 0) is 0 Å². The van der Waals surface area contributed by atoms with Crippen LogP contribution < -0.4 is 0 Å².